The van der Waals surface area contributed by atoms with Crippen LogP contribution >= 0.6 is 0 Å². The zero-order valence-electron chi connectivity index (χ0n) is 13.1. The summed E-state index contributed by atoms with van der Waals surface area (Å²) in [7, 11) is 1.69. The minimum atomic E-state index is 0.781. The summed E-state index contributed by atoms with van der Waals surface area (Å²) in [6.45, 7) is 4.38. The predicted octanol–water partition coefficient (Wildman–Crippen LogP) is 3.59. The van der Waals surface area contributed by atoms with Crippen LogP contribution in [-0.4, -0.2) is 38.3 Å². The lowest BCUT2D eigenvalue weighted by Crippen LogP contribution is -2.43. The first-order chi connectivity index (χ1) is 10.3. The van der Waals surface area contributed by atoms with Gasteiger partial charge in [0.1, 0.15) is 18.1 Å². The molecule has 2 atom stereocenters. The number of nitrogens with zero attached hydrogens (tertiary/aromatic N) is 1. The molecule has 0 aromatic heterocycles. The molecule has 2 aliphatic rings. The van der Waals surface area contributed by atoms with Gasteiger partial charge in [0.05, 0.1) is 7.11 Å². The first-order valence-corrected chi connectivity index (χ1v) is 8.34. The van der Waals surface area contributed by atoms with E-state index in [-0.39, 0.29) is 0 Å². The standard InChI is InChI=1S/C18H27NO2/c1-20-17-6-8-18(9-7-17)21-13-12-19-11-10-15-4-2-3-5-16(15)14-19/h6-9,15-16H,2-5,10-14H2,1H3/t15-,16+/m0/s1. The number of rotatable bonds is 5. The molecule has 3 nitrogen and oxygen atoms in total. The Morgan fingerprint density at radius 3 is 2.48 bits per heavy atom. The molecule has 3 heteroatoms. The molecule has 0 spiro atoms. The van der Waals surface area contributed by atoms with Crippen molar-refractivity contribution in [1.29, 1.82) is 0 Å². The van der Waals surface area contributed by atoms with Gasteiger partial charge in [-0.25, -0.2) is 0 Å². The van der Waals surface area contributed by atoms with Crippen LogP contribution in [-0.2, 0) is 0 Å². The number of benzene rings is 1. The van der Waals surface area contributed by atoms with Crippen LogP contribution in [0.15, 0.2) is 24.3 Å². The fourth-order valence-corrected chi connectivity index (χ4v) is 3.84. The molecule has 0 N–H and O–H groups in total. The molecule has 116 valence electrons. The highest BCUT2D eigenvalue weighted by atomic mass is 16.5. The molecule has 0 amide bonds. The van der Waals surface area contributed by atoms with Crippen LogP contribution in [0.3, 0.4) is 0 Å². The smallest absolute Gasteiger partial charge is 0.119 e. The molecule has 0 unspecified atom stereocenters. The molecule has 1 aliphatic carbocycles. The summed E-state index contributed by atoms with van der Waals surface area (Å²) in [6.07, 6.45) is 7.22. The molecule has 1 aliphatic heterocycles. The van der Waals surface area contributed by atoms with E-state index in [9.17, 15) is 0 Å². The van der Waals surface area contributed by atoms with Gasteiger partial charge in [0.2, 0.25) is 0 Å². The summed E-state index contributed by atoms with van der Waals surface area (Å²) in [5.74, 6) is 3.77. The maximum atomic E-state index is 5.85. The Balaban J connectivity index is 1.40. The lowest BCUT2D eigenvalue weighted by Gasteiger charge is -2.41. The van der Waals surface area contributed by atoms with Crippen LogP contribution in [0, 0.1) is 11.8 Å². The molecular formula is C18H27NO2. The molecule has 0 bridgehead atoms. The van der Waals surface area contributed by atoms with E-state index < -0.39 is 0 Å². The van der Waals surface area contributed by atoms with E-state index in [1.807, 2.05) is 24.3 Å². The number of fused-ring (bicyclic) bond motifs is 1. The predicted molar refractivity (Wildman–Crippen MR) is 85.0 cm³/mol. The van der Waals surface area contributed by atoms with Crippen LogP contribution in [0.1, 0.15) is 32.1 Å². The molecule has 1 aromatic rings. The first-order valence-electron chi connectivity index (χ1n) is 8.34. The number of ether oxygens (including phenoxy) is 2. The van der Waals surface area contributed by atoms with Crippen LogP contribution in [0.2, 0.25) is 0 Å². The molecule has 2 fully saturated rings. The van der Waals surface area contributed by atoms with Crippen molar-refractivity contribution < 1.29 is 9.47 Å². The topological polar surface area (TPSA) is 21.7 Å². The molecular weight excluding hydrogens is 262 g/mol. The summed E-state index contributed by atoms with van der Waals surface area (Å²) >= 11 is 0. The Kier molecular flexibility index (Phi) is 5.02. The summed E-state index contributed by atoms with van der Waals surface area (Å²) in [5.41, 5.74) is 0. The van der Waals surface area contributed by atoms with Gasteiger partial charge in [-0.2, -0.15) is 0 Å². The zero-order chi connectivity index (χ0) is 14.5. The number of hydrogen-bond donors (Lipinski definition) is 0. The van der Waals surface area contributed by atoms with E-state index in [0.29, 0.717) is 0 Å². The van der Waals surface area contributed by atoms with E-state index in [4.69, 9.17) is 9.47 Å². The molecule has 1 aromatic carbocycles. The third-order valence-electron chi connectivity index (χ3n) is 5.11. The van der Waals surface area contributed by atoms with Gasteiger partial charge in [0, 0.05) is 13.1 Å². The average Bonchev–Trinajstić information content (AvgIpc) is 2.55. The average molecular weight is 289 g/mol. The van der Waals surface area contributed by atoms with Crippen LogP contribution < -0.4 is 9.47 Å². The van der Waals surface area contributed by atoms with Gasteiger partial charge in [0.25, 0.3) is 0 Å². The maximum absolute atomic E-state index is 5.85. The highest BCUT2D eigenvalue weighted by molar-refractivity contribution is 5.31. The van der Waals surface area contributed by atoms with Crippen molar-refractivity contribution in [2.75, 3.05) is 33.4 Å². The van der Waals surface area contributed by atoms with Crippen LogP contribution in [0.5, 0.6) is 11.5 Å². The van der Waals surface area contributed by atoms with Crippen molar-refractivity contribution in [1.82, 2.24) is 4.90 Å². The Hall–Kier alpha value is -1.22. The van der Waals surface area contributed by atoms with Gasteiger partial charge in [-0.1, -0.05) is 19.3 Å². The van der Waals surface area contributed by atoms with Gasteiger partial charge in [-0.05, 0) is 55.5 Å². The van der Waals surface area contributed by atoms with Gasteiger partial charge in [-0.3, -0.25) is 4.90 Å². The highest BCUT2D eigenvalue weighted by Crippen LogP contribution is 2.35. The highest BCUT2D eigenvalue weighted by Gasteiger charge is 2.30. The van der Waals surface area contributed by atoms with E-state index in [0.717, 1.165) is 36.5 Å². The van der Waals surface area contributed by atoms with Gasteiger partial charge in [-0.15, -0.1) is 0 Å². The second-order valence-electron chi connectivity index (χ2n) is 6.42. The molecule has 21 heavy (non-hydrogen) atoms. The minimum absolute atomic E-state index is 0.781. The van der Waals surface area contributed by atoms with Crippen molar-refractivity contribution >= 4 is 0 Å². The fourth-order valence-electron chi connectivity index (χ4n) is 3.84. The quantitative estimate of drug-likeness (QED) is 0.827. The Morgan fingerprint density at radius 1 is 1.00 bits per heavy atom. The minimum Gasteiger partial charge on any atom is -0.497 e. The summed E-state index contributed by atoms with van der Waals surface area (Å²) in [5, 5.41) is 0. The maximum Gasteiger partial charge on any atom is 0.119 e. The fraction of sp³-hybridized carbons (Fsp3) is 0.667. The summed E-state index contributed by atoms with van der Waals surface area (Å²) in [4.78, 5) is 2.59. The second-order valence-corrected chi connectivity index (χ2v) is 6.42. The number of methoxy groups -OCH3 is 1. The lowest BCUT2D eigenvalue weighted by molar-refractivity contribution is 0.0766. The third kappa shape index (κ3) is 3.91. The number of likely N-dealkylation sites (tertiary alicyclic amines) is 1. The first kappa shape index (κ1) is 14.7. The van der Waals surface area contributed by atoms with Crippen molar-refractivity contribution in [3.05, 3.63) is 24.3 Å². The SMILES string of the molecule is COc1ccc(OCCN2CC[C@@H]3CCCC[C@@H]3C2)cc1. The summed E-state index contributed by atoms with van der Waals surface area (Å²) < 4.78 is 11.0. The second kappa shape index (κ2) is 7.17. The third-order valence-corrected chi connectivity index (χ3v) is 5.11. The monoisotopic (exact) mass is 289 g/mol. The molecule has 1 saturated carbocycles. The van der Waals surface area contributed by atoms with Gasteiger partial charge < -0.3 is 9.47 Å². The Bertz CT molecular complexity index is 431. The van der Waals surface area contributed by atoms with Crippen LogP contribution in [0.4, 0.5) is 0 Å². The van der Waals surface area contributed by atoms with E-state index in [1.165, 1.54) is 45.2 Å². The van der Waals surface area contributed by atoms with E-state index in [1.54, 1.807) is 7.11 Å². The number of piperidine rings is 1. The number of hydrogen-bond acceptors (Lipinski definition) is 3. The van der Waals surface area contributed by atoms with E-state index in [2.05, 4.69) is 4.90 Å². The molecule has 1 heterocycles. The normalized spacial score (nSPS) is 26.1. The molecule has 3 rings (SSSR count). The zero-order valence-corrected chi connectivity index (χ0v) is 13.1. The molecule has 0 radical (unpaired) electrons. The van der Waals surface area contributed by atoms with Crippen LogP contribution in [0.25, 0.3) is 0 Å². The van der Waals surface area contributed by atoms with Crippen molar-refractivity contribution in [3.63, 3.8) is 0 Å². The van der Waals surface area contributed by atoms with Crippen molar-refractivity contribution in [3.8, 4) is 11.5 Å². The summed E-state index contributed by atoms with van der Waals surface area (Å²) in [6, 6.07) is 7.85. The van der Waals surface area contributed by atoms with E-state index >= 15 is 0 Å². The van der Waals surface area contributed by atoms with Gasteiger partial charge in [0.15, 0.2) is 0 Å². The Morgan fingerprint density at radius 2 is 1.71 bits per heavy atom. The van der Waals surface area contributed by atoms with Crippen molar-refractivity contribution in [2.24, 2.45) is 11.8 Å². The lowest BCUT2D eigenvalue weighted by atomic mass is 9.75. The largest absolute Gasteiger partial charge is 0.497 e. The van der Waals surface area contributed by atoms with Gasteiger partial charge >= 0.3 is 0 Å². The molecule has 1 saturated heterocycles. The Labute approximate surface area is 128 Å². The van der Waals surface area contributed by atoms with Crippen molar-refractivity contribution in [2.45, 2.75) is 32.1 Å².